The van der Waals surface area contributed by atoms with E-state index in [2.05, 4.69) is 28.6 Å². The fourth-order valence-electron chi connectivity index (χ4n) is 3.78. The molecule has 2 amide bonds. The van der Waals surface area contributed by atoms with Gasteiger partial charge in [0.1, 0.15) is 0 Å². The summed E-state index contributed by atoms with van der Waals surface area (Å²) in [5.41, 5.74) is 3.04. The van der Waals surface area contributed by atoms with E-state index in [-0.39, 0.29) is 41.5 Å². The van der Waals surface area contributed by atoms with Gasteiger partial charge in [-0.2, -0.15) is 0 Å². The average molecular weight is 677 g/mol. The Morgan fingerprint density at radius 2 is 1.67 bits per heavy atom. The Bertz CT molecular complexity index is 1230. The van der Waals surface area contributed by atoms with E-state index in [0.717, 1.165) is 29.4 Å². The third-order valence-corrected chi connectivity index (χ3v) is 11.6. The summed E-state index contributed by atoms with van der Waals surface area (Å²) in [6.45, 7) is -0.0225. The molecule has 1 saturated carbocycles. The van der Waals surface area contributed by atoms with Crippen LogP contribution in [-0.4, -0.2) is 35.6 Å². The van der Waals surface area contributed by atoms with Gasteiger partial charge in [-0.3, -0.25) is 0 Å². The van der Waals surface area contributed by atoms with Crippen LogP contribution in [0, 0.1) is 0 Å². The Hall–Kier alpha value is -2.16. The van der Waals surface area contributed by atoms with Crippen LogP contribution >= 0.6 is 18.6 Å². The van der Waals surface area contributed by atoms with E-state index in [1.807, 2.05) is 6.07 Å². The van der Waals surface area contributed by atoms with Crippen molar-refractivity contribution >= 4 is 30.4 Å². The van der Waals surface area contributed by atoms with Crippen LogP contribution in [0.3, 0.4) is 0 Å². The van der Waals surface area contributed by atoms with Crippen LogP contribution in [0.5, 0.6) is 0 Å². The molecule has 33 heavy (non-hydrogen) atoms. The molecule has 0 spiro atoms. The molecule has 170 valence electrons. The van der Waals surface area contributed by atoms with Gasteiger partial charge >= 0.3 is 208 Å². The zero-order valence-electron chi connectivity index (χ0n) is 16.7. The molecule has 2 aromatic heterocycles. The summed E-state index contributed by atoms with van der Waals surface area (Å²) in [4.78, 5) is 38.4. The molecule has 1 aliphatic carbocycles. The molecule has 11 heteroatoms. The minimum absolute atomic E-state index is 0.00135. The summed E-state index contributed by atoms with van der Waals surface area (Å²) >= 11 is 2.43. The summed E-state index contributed by atoms with van der Waals surface area (Å²) in [5.74, 6) is -1.69. The molecule has 3 heterocycles. The van der Waals surface area contributed by atoms with Gasteiger partial charge in [0.05, 0.1) is 0 Å². The molecule has 2 atom stereocenters. The molecule has 0 N–H and O–H groups in total. The Balaban J connectivity index is 1.50. The zero-order valence-corrected chi connectivity index (χ0v) is 21.0. The molecule has 2 unspecified atom stereocenters. The van der Waals surface area contributed by atoms with Gasteiger partial charge in [-0.05, 0) is 0 Å². The number of imide groups is 1. The predicted molar refractivity (Wildman–Crippen MR) is 116 cm³/mol. The van der Waals surface area contributed by atoms with E-state index in [9.17, 15) is 22.8 Å². The first-order valence-electron chi connectivity index (χ1n) is 9.86. The third kappa shape index (κ3) is 4.36. The monoisotopic (exact) mass is 677 g/mol. The number of pyridine rings is 1. The maximum absolute atomic E-state index is 12.9. The second-order valence-electron chi connectivity index (χ2n) is 7.75. The number of benzene rings is 1. The number of hydrogen-bond donors (Lipinski definition) is 0. The Labute approximate surface area is 206 Å². The molecule has 1 fully saturated rings. The predicted octanol–water partition coefficient (Wildman–Crippen LogP) is 1.65. The Morgan fingerprint density at radius 3 is 2.21 bits per heavy atom. The average Bonchev–Trinajstić information content (AvgIpc) is 3.57. The Morgan fingerprint density at radius 1 is 1.03 bits per heavy atom. The topological polar surface area (TPSA) is 76.1 Å². The summed E-state index contributed by atoms with van der Waals surface area (Å²) in [7, 11) is 0. The zero-order chi connectivity index (χ0) is 23.3. The molecular weight excluding hydrogens is 663 g/mol. The summed E-state index contributed by atoms with van der Waals surface area (Å²) in [5, 5.41) is 0. The van der Waals surface area contributed by atoms with Gasteiger partial charge in [-0.25, -0.2) is 0 Å². The second kappa shape index (κ2) is 8.56. The van der Waals surface area contributed by atoms with Crippen LogP contribution in [0.4, 0.5) is 13.2 Å². The second-order valence-corrected chi connectivity index (χ2v) is 13.0. The van der Waals surface area contributed by atoms with Crippen LogP contribution in [0.2, 0.25) is 0 Å². The molecule has 5 rings (SSSR count). The number of alkyl halides is 4. The fourth-order valence-corrected chi connectivity index (χ4v) is 8.70. The van der Waals surface area contributed by atoms with Crippen molar-refractivity contribution in [2.45, 2.75) is 29.0 Å². The number of halogens is 5. The third-order valence-electron chi connectivity index (χ3n) is 5.53. The van der Waals surface area contributed by atoms with Crippen molar-refractivity contribution in [3.63, 3.8) is 0 Å². The van der Waals surface area contributed by atoms with Crippen molar-refractivity contribution < 1.29 is 40.0 Å². The maximum atomic E-state index is 12.9. The molecule has 0 saturated heterocycles. The van der Waals surface area contributed by atoms with Crippen LogP contribution < -0.4 is 17.2 Å². The number of rotatable bonds is 5. The van der Waals surface area contributed by atoms with Crippen molar-refractivity contribution in [1.82, 2.24) is 19.9 Å². The first-order valence-corrected chi connectivity index (χ1v) is 17.4. The number of carbonyl (C=O) groups excluding carboxylic acids is 2. The normalized spacial score (nSPS) is 19.8. The number of fused-ring (bicyclic) bond motifs is 1. The number of carbonyl (C=O) groups is 2. The molecule has 0 radical (unpaired) electrons. The van der Waals surface area contributed by atoms with Gasteiger partial charge in [-0.1, -0.05) is 0 Å². The van der Waals surface area contributed by atoms with E-state index in [0.29, 0.717) is 31.9 Å². The SMILES string of the molecule is O=C1c2ccccc2C(=O)N1Cc1cc(-c2cnc(C(F)(F)F)nc2)cc(C2CC2[I-]I)n1. The first kappa shape index (κ1) is 22.6. The van der Waals surface area contributed by atoms with Crippen LogP contribution in [-0.2, 0) is 12.7 Å². The van der Waals surface area contributed by atoms with Crippen LogP contribution in [0.25, 0.3) is 11.1 Å². The summed E-state index contributed by atoms with van der Waals surface area (Å²) in [6.07, 6.45) is -1.33. The number of hydrogen-bond acceptors (Lipinski definition) is 5. The Kier molecular flexibility index (Phi) is 5.87. The van der Waals surface area contributed by atoms with Gasteiger partial charge in [0.15, 0.2) is 0 Å². The van der Waals surface area contributed by atoms with Gasteiger partial charge in [0.2, 0.25) is 0 Å². The van der Waals surface area contributed by atoms with E-state index < -0.39 is 12.0 Å². The van der Waals surface area contributed by atoms with Gasteiger partial charge in [0.25, 0.3) is 0 Å². The molecule has 1 aliphatic heterocycles. The number of amides is 2. The molecule has 6 nitrogen and oxygen atoms in total. The van der Waals surface area contributed by atoms with E-state index >= 15 is 0 Å². The molecule has 2 aliphatic rings. The van der Waals surface area contributed by atoms with Crippen LogP contribution in [0.1, 0.15) is 50.3 Å². The van der Waals surface area contributed by atoms with E-state index in [1.54, 1.807) is 30.3 Å². The standard InChI is InChI=1S/C22H14F3I2N4O2/c23-22(24,25)21-28-8-12(9-29-21)11-5-13(30-18(6-11)16-7-17(16)27-26)10-31-19(32)14-3-1-2-4-15(14)20(31)33/h1-6,8-9,16-17H,7,10H2/q-1. The van der Waals surface area contributed by atoms with Gasteiger partial charge in [0, 0.05) is 0 Å². The molecule has 3 aromatic rings. The van der Waals surface area contributed by atoms with Crippen molar-refractivity contribution in [1.29, 1.82) is 0 Å². The fraction of sp³-hybridized carbons (Fsp3) is 0.227. The van der Waals surface area contributed by atoms with Crippen molar-refractivity contribution in [2.24, 2.45) is 0 Å². The molecule has 1 aromatic carbocycles. The van der Waals surface area contributed by atoms with Gasteiger partial charge < -0.3 is 0 Å². The number of nitrogens with zero attached hydrogens (tertiary/aromatic N) is 4. The van der Waals surface area contributed by atoms with Crippen molar-refractivity contribution in [3.8, 4) is 11.1 Å². The number of aromatic nitrogens is 3. The summed E-state index contributed by atoms with van der Waals surface area (Å²) < 4.78 is 39.2. The molecule has 0 bridgehead atoms. The summed E-state index contributed by atoms with van der Waals surface area (Å²) in [6, 6.07) is 10.2. The van der Waals surface area contributed by atoms with E-state index in [4.69, 9.17) is 4.98 Å². The minimum atomic E-state index is -4.62. The first-order chi connectivity index (χ1) is 15.8. The molecular formula is C22H14F3I2N4O2-. The van der Waals surface area contributed by atoms with E-state index in [1.165, 1.54) is 0 Å². The quantitative estimate of drug-likeness (QED) is 0.234. The van der Waals surface area contributed by atoms with Crippen LogP contribution in [0.15, 0.2) is 48.8 Å². The van der Waals surface area contributed by atoms with Gasteiger partial charge in [-0.15, -0.1) is 0 Å². The van der Waals surface area contributed by atoms with Crippen molar-refractivity contribution in [2.75, 3.05) is 0 Å². The van der Waals surface area contributed by atoms with Crippen molar-refractivity contribution in [3.05, 3.63) is 77.1 Å².